The Kier molecular flexibility index (Phi) is 24.2. The van der Waals surface area contributed by atoms with Gasteiger partial charge in [0.25, 0.3) is 0 Å². The maximum Gasteiger partial charge on any atom is 2.00 e. The SMILES string of the molecule is O=P([O-])([O-])[O-].[F-].[Fe+2].[Na+]. The van der Waals surface area contributed by atoms with Gasteiger partial charge < -0.3 is 23.9 Å². The molecule has 0 aliphatic carbocycles. The maximum atomic E-state index is 8.55. The molecule has 0 aromatic carbocycles. The number of halogens is 1. The average Bonchev–Trinajstić information content (AvgIpc) is 0.722. The van der Waals surface area contributed by atoms with E-state index in [2.05, 4.69) is 0 Å². The van der Waals surface area contributed by atoms with Crippen molar-refractivity contribution in [2.24, 2.45) is 0 Å². The molecule has 0 amide bonds. The Hall–Kier alpha value is 1.56. The van der Waals surface area contributed by atoms with Crippen LogP contribution >= 0.6 is 7.82 Å². The molecule has 0 saturated carbocycles. The van der Waals surface area contributed by atoms with Crippen LogP contribution < -0.4 is 48.9 Å². The molecular formula is FFeNaO4P-. The van der Waals surface area contributed by atoms with E-state index in [1.165, 1.54) is 0 Å². The Bertz CT molecular complexity index is 62.2. The van der Waals surface area contributed by atoms with Crippen LogP contribution in [0.3, 0.4) is 0 Å². The average molecular weight is 193 g/mol. The van der Waals surface area contributed by atoms with Gasteiger partial charge in [-0.3, -0.25) is 0 Å². The first kappa shape index (κ1) is 22.7. The molecule has 0 aromatic rings. The maximum absolute atomic E-state index is 8.55. The van der Waals surface area contributed by atoms with E-state index in [1.54, 1.807) is 0 Å². The van der Waals surface area contributed by atoms with Crippen LogP contribution in [0.1, 0.15) is 0 Å². The molecule has 0 saturated heterocycles. The van der Waals surface area contributed by atoms with Gasteiger partial charge in [-0.2, -0.15) is 7.82 Å². The smallest absolute Gasteiger partial charge is 1.00 e. The second-order valence-corrected chi connectivity index (χ2v) is 1.34. The molecule has 0 atom stereocenters. The molecule has 0 rings (SSSR count). The molecule has 8 heavy (non-hydrogen) atoms. The van der Waals surface area contributed by atoms with Gasteiger partial charge in [-0.25, -0.2) is 0 Å². The third-order valence-electron chi connectivity index (χ3n) is 0. The Morgan fingerprint density at radius 2 is 1.12 bits per heavy atom. The topological polar surface area (TPSA) is 86.2 Å². The van der Waals surface area contributed by atoms with Crippen LogP contribution in [-0.2, 0) is 21.6 Å². The predicted molar refractivity (Wildman–Crippen MR) is 7.61 cm³/mol. The molecule has 0 aliphatic rings. The van der Waals surface area contributed by atoms with E-state index in [0.29, 0.717) is 0 Å². The van der Waals surface area contributed by atoms with Crippen LogP contribution in [0.15, 0.2) is 0 Å². The fourth-order valence-corrected chi connectivity index (χ4v) is 0. The van der Waals surface area contributed by atoms with E-state index < -0.39 is 7.82 Å². The number of hydrogen-bond acceptors (Lipinski definition) is 4. The summed E-state index contributed by atoms with van der Waals surface area (Å²) in [5.74, 6) is 0. The zero-order chi connectivity index (χ0) is 4.50. The van der Waals surface area contributed by atoms with Crippen molar-refractivity contribution in [1.82, 2.24) is 0 Å². The normalized spacial score (nSPS) is 7.38. The summed E-state index contributed by atoms with van der Waals surface area (Å²) < 4.78 is 8.55. The summed E-state index contributed by atoms with van der Waals surface area (Å²) >= 11 is 0. The molecule has 0 aromatic heterocycles. The minimum Gasteiger partial charge on any atom is -1.00 e. The summed E-state index contributed by atoms with van der Waals surface area (Å²) in [6.07, 6.45) is 0. The van der Waals surface area contributed by atoms with Crippen molar-refractivity contribution in [3.8, 4) is 0 Å². The van der Waals surface area contributed by atoms with Gasteiger partial charge >= 0.3 is 46.6 Å². The predicted octanol–water partition coefficient (Wildman–Crippen LogP) is -8.82. The second kappa shape index (κ2) is 8.56. The van der Waals surface area contributed by atoms with E-state index in [0.717, 1.165) is 0 Å². The Morgan fingerprint density at radius 3 is 1.12 bits per heavy atom. The zero-order valence-corrected chi connectivity index (χ0v) is 7.81. The standard InChI is InChI=1S/FH.Fe.Na.H3O4P/c;;;1-5(2,3)4/h1H;;;(H3,1,2,3,4)/q;+2;+1;/p-4. The largest absolute Gasteiger partial charge is 2.00 e. The molecule has 0 unspecified atom stereocenters. The molecule has 0 bridgehead atoms. The van der Waals surface area contributed by atoms with Gasteiger partial charge in [-0.05, 0) is 0 Å². The van der Waals surface area contributed by atoms with Gasteiger partial charge in [-0.15, -0.1) is 0 Å². The van der Waals surface area contributed by atoms with E-state index in [1.807, 2.05) is 0 Å². The zero-order valence-electron chi connectivity index (χ0n) is 3.81. The Morgan fingerprint density at radius 1 is 1.12 bits per heavy atom. The molecular weight excluding hydrogens is 193 g/mol. The van der Waals surface area contributed by atoms with Crippen LogP contribution in [0.4, 0.5) is 0 Å². The second-order valence-electron chi connectivity index (χ2n) is 0.447. The number of hydrogen-bond donors (Lipinski definition) is 0. The Balaban J connectivity index is -0.0000000267. The summed E-state index contributed by atoms with van der Waals surface area (Å²) in [6, 6.07) is 0. The minimum absolute atomic E-state index is 0. The van der Waals surface area contributed by atoms with E-state index >= 15 is 0 Å². The van der Waals surface area contributed by atoms with Crippen LogP contribution in [0.2, 0.25) is 0 Å². The summed E-state index contributed by atoms with van der Waals surface area (Å²) in [7, 11) is -5.39. The van der Waals surface area contributed by atoms with Crippen molar-refractivity contribution in [2.75, 3.05) is 0 Å². The fraction of sp³-hybridized carbons (Fsp3) is 0. The van der Waals surface area contributed by atoms with Gasteiger partial charge in [0.2, 0.25) is 0 Å². The summed E-state index contributed by atoms with van der Waals surface area (Å²) in [4.78, 5) is 25.6. The number of rotatable bonds is 0. The molecule has 0 radical (unpaired) electrons. The van der Waals surface area contributed by atoms with Crippen LogP contribution in [0.5, 0.6) is 0 Å². The van der Waals surface area contributed by atoms with E-state index in [9.17, 15) is 0 Å². The molecule has 8 heteroatoms. The van der Waals surface area contributed by atoms with Crippen molar-refractivity contribution in [3.05, 3.63) is 0 Å². The van der Waals surface area contributed by atoms with Crippen LogP contribution in [0.25, 0.3) is 0 Å². The van der Waals surface area contributed by atoms with Crippen LogP contribution in [0, 0.1) is 0 Å². The summed E-state index contributed by atoms with van der Waals surface area (Å²) in [6.45, 7) is 0. The quantitative estimate of drug-likeness (QED) is 0.282. The van der Waals surface area contributed by atoms with E-state index in [-0.39, 0.29) is 51.3 Å². The first-order chi connectivity index (χ1) is 2.00. The minimum atomic E-state index is -5.39. The first-order valence-corrected chi connectivity index (χ1v) is 2.19. The Labute approximate surface area is 78.0 Å². The third kappa shape index (κ3) is 134. The van der Waals surface area contributed by atoms with E-state index in [4.69, 9.17) is 19.2 Å². The van der Waals surface area contributed by atoms with Gasteiger partial charge in [0.15, 0.2) is 0 Å². The molecule has 0 aliphatic heterocycles. The molecule has 0 spiro atoms. The van der Waals surface area contributed by atoms with Crippen LogP contribution in [-0.4, -0.2) is 0 Å². The summed E-state index contributed by atoms with van der Waals surface area (Å²) in [5.41, 5.74) is 0. The third-order valence-corrected chi connectivity index (χ3v) is 0. The van der Waals surface area contributed by atoms with Crippen molar-refractivity contribution >= 4 is 7.82 Å². The molecule has 0 fully saturated rings. The fourth-order valence-electron chi connectivity index (χ4n) is 0. The van der Waals surface area contributed by atoms with Crippen molar-refractivity contribution in [3.63, 3.8) is 0 Å². The van der Waals surface area contributed by atoms with Gasteiger partial charge in [0.05, 0.1) is 0 Å². The molecule has 4 nitrogen and oxygen atoms in total. The number of phosphoric acid groups is 1. The molecule has 0 N–H and O–H groups in total. The first-order valence-electron chi connectivity index (χ1n) is 0.730. The van der Waals surface area contributed by atoms with Crippen molar-refractivity contribution in [1.29, 1.82) is 0 Å². The monoisotopic (exact) mass is 193 g/mol. The van der Waals surface area contributed by atoms with Crippen molar-refractivity contribution in [2.45, 2.75) is 0 Å². The van der Waals surface area contributed by atoms with Gasteiger partial charge in [0, 0.05) is 0 Å². The van der Waals surface area contributed by atoms with Gasteiger partial charge in [-0.1, -0.05) is 0 Å². The molecule has 0 heterocycles. The van der Waals surface area contributed by atoms with Crippen molar-refractivity contribution < 1.29 is 70.6 Å². The summed E-state index contributed by atoms with van der Waals surface area (Å²) in [5, 5.41) is 0. The van der Waals surface area contributed by atoms with Gasteiger partial charge in [0.1, 0.15) is 0 Å². The molecule has 46 valence electrons.